The molecule has 0 aromatic heterocycles. The lowest BCUT2D eigenvalue weighted by Crippen LogP contribution is -2.38. The number of benzene rings is 1. The van der Waals surface area contributed by atoms with Crippen molar-refractivity contribution >= 4 is 0 Å². The van der Waals surface area contributed by atoms with Gasteiger partial charge in [0.2, 0.25) is 0 Å². The molecule has 0 bridgehead atoms. The predicted octanol–water partition coefficient (Wildman–Crippen LogP) is 3.60. The van der Waals surface area contributed by atoms with Gasteiger partial charge in [-0.15, -0.1) is 0 Å². The largest absolute Gasteiger partial charge is 0.306 e. The summed E-state index contributed by atoms with van der Waals surface area (Å²) < 4.78 is 0. The lowest BCUT2D eigenvalue weighted by Gasteiger charge is -2.27. The van der Waals surface area contributed by atoms with Gasteiger partial charge < -0.3 is 5.32 Å². The number of rotatable bonds is 5. The first-order chi connectivity index (χ1) is 9.65. The van der Waals surface area contributed by atoms with E-state index in [2.05, 4.69) is 61.3 Å². The molecule has 1 heterocycles. The van der Waals surface area contributed by atoms with Crippen molar-refractivity contribution < 1.29 is 0 Å². The van der Waals surface area contributed by atoms with Crippen LogP contribution in [0.15, 0.2) is 30.3 Å². The molecule has 2 heteroatoms. The maximum atomic E-state index is 3.93. The van der Waals surface area contributed by atoms with E-state index < -0.39 is 0 Å². The molecule has 2 nitrogen and oxygen atoms in total. The molecule has 1 aliphatic carbocycles. The normalized spacial score (nSPS) is 29.0. The summed E-state index contributed by atoms with van der Waals surface area (Å²) in [4.78, 5) is 2.72. The fourth-order valence-electron chi connectivity index (χ4n) is 3.68. The van der Waals surface area contributed by atoms with Crippen molar-refractivity contribution in [3.63, 3.8) is 0 Å². The van der Waals surface area contributed by atoms with E-state index in [-0.39, 0.29) is 0 Å². The van der Waals surface area contributed by atoms with Crippen LogP contribution in [0.3, 0.4) is 0 Å². The average molecular weight is 272 g/mol. The molecular weight excluding hydrogens is 244 g/mol. The molecule has 1 aliphatic heterocycles. The van der Waals surface area contributed by atoms with Crippen LogP contribution in [0.5, 0.6) is 0 Å². The molecule has 3 rings (SSSR count). The van der Waals surface area contributed by atoms with Gasteiger partial charge in [-0.25, -0.2) is 0 Å². The second-order valence-corrected chi connectivity index (χ2v) is 7.01. The van der Waals surface area contributed by atoms with Crippen molar-refractivity contribution in [1.29, 1.82) is 0 Å². The molecule has 1 N–H and O–H groups in total. The van der Waals surface area contributed by atoms with Gasteiger partial charge >= 0.3 is 0 Å². The van der Waals surface area contributed by atoms with Gasteiger partial charge in [-0.05, 0) is 37.7 Å². The van der Waals surface area contributed by atoms with Crippen molar-refractivity contribution in [3.05, 3.63) is 35.9 Å². The van der Waals surface area contributed by atoms with Crippen LogP contribution in [-0.2, 0) is 0 Å². The molecule has 1 saturated heterocycles. The molecular formula is C18H28N2. The third-order valence-electron chi connectivity index (χ3n) is 4.88. The van der Waals surface area contributed by atoms with Gasteiger partial charge in [0, 0.05) is 30.7 Å². The van der Waals surface area contributed by atoms with Crippen LogP contribution in [0.2, 0.25) is 0 Å². The van der Waals surface area contributed by atoms with Gasteiger partial charge in [-0.3, -0.25) is 4.90 Å². The van der Waals surface area contributed by atoms with E-state index in [1.807, 2.05) is 0 Å². The highest BCUT2D eigenvalue weighted by Crippen LogP contribution is 2.34. The fourth-order valence-corrected chi connectivity index (χ4v) is 3.68. The molecule has 0 spiro atoms. The summed E-state index contributed by atoms with van der Waals surface area (Å²) in [6.45, 7) is 8.28. The minimum atomic E-state index is 0.479. The van der Waals surface area contributed by atoms with Crippen LogP contribution in [0.25, 0.3) is 0 Å². The van der Waals surface area contributed by atoms with Gasteiger partial charge in [0.25, 0.3) is 0 Å². The predicted molar refractivity (Wildman–Crippen MR) is 84.8 cm³/mol. The smallest absolute Gasteiger partial charge is 0.0346 e. The summed E-state index contributed by atoms with van der Waals surface area (Å²) in [6.07, 6.45) is 4.14. The van der Waals surface area contributed by atoms with Crippen LogP contribution in [0.1, 0.15) is 51.6 Å². The Morgan fingerprint density at radius 2 is 1.85 bits per heavy atom. The van der Waals surface area contributed by atoms with Gasteiger partial charge in [0.15, 0.2) is 0 Å². The second kappa shape index (κ2) is 5.87. The highest BCUT2D eigenvalue weighted by Gasteiger charge is 2.39. The number of hydrogen-bond donors (Lipinski definition) is 1. The van der Waals surface area contributed by atoms with Crippen LogP contribution >= 0.6 is 0 Å². The average Bonchev–Trinajstić information content (AvgIpc) is 3.21. The number of nitrogens with zero attached hydrogens (tertiary/aromatic N) is 1. The Morgan fingerprint density at radius 1 is 1.15 bits per heavy atom. The summed E-state index contributed by atoms with van der Waals surface area (Å²) in [6, 6.07) is 13.7. The van der Waals surface area contributed by atoms with Crippen LogP contribution in [-0.4, -0.2) is 29.6 Å². The van der Waals surface area contributed by atoms with Crippen molar-refractivity contribution in [1.82, 2.24) is 10.2 Å². The lowest BCUT2D eigenvalue weighted by molar-refractivity contribution is 0.252. The van der Waals surface area contributed by atoms with Crippen LogP contribution < -0.4 is 5.32 Å². The molecule has 2 fully saturated rings. The summed E-state index contributed by atoms with van der Waals surface area (Å²) in [5.41, 5.74) is 1.43. The van der Waals surface area contributed by atoms with E-state index in [0.29, 0.717) is 18.0 Å². The molecule has 1 aromatic rings. The lowest BCUT2D eigenvalue weighted by atomic mass is 9.95. The molecule has 110 valence electrons. The summed E-state index contributed by atoms with van der Waals surface area (Å²) in [5, 5.41) is 3.93. The van der Waals surface area contributed by atoms with Crippen molar-refractivity contribution in [2.45, 2.75) is 64.2 Å². The molecule has 0 unspecified atom stereocenters. The van der Waals surface area contributed by atoms with Gasteiger partial charge in [-0.2, -0.15) is 0 Å². The van der Waals surface area contributed by atoms with Crippen LogP contribution in [0, 0.1) is 5.92 Å². The maximum absolute atomic E-state index is 3.93. The number of hydrogen-bond acceptors (Lipinski definition) is 2. The highest BCUT2D eigenvalue weighted by atomic mass is 15.3. The zero-order valence-corrected chi connectivity index (χ0v) is 13.0. The standard InChI is InChI=1S/C18H28N2/c1-13(2)18(15-7-5-4-6-8-15)19-16-11-14(3)20(12-16)17-9-10-17/h4-8,13-14,16-19H,9-12H2,1-3H3/t14-,16-,18-/m0/s1. The monoisotopic (exact) mass is 272 g/mol. The van der Waals surface area contributed by atoms with Crippen molar-refractivity contribution in [3.8, 4) is 0 Å². The summed E-state index contributed by atoms with van der Waals surface area (Å²) in [7, 11) is 0. The quantitative estimate of drug-likeness (QED) is 0.881. The Labute approximate surface area is 123 Å². The Balaban J connectivity index is 1.65. The Kier molecular flexibility index (Phi) is 4.13. The van der Waals surface area contributed by atoms with E-state index >= 15 is 0 Å². The van der Waals surface area contributed by atoms with Gasteiger partial charge in [0.1, 0.15) is 0 Å². The first kappa shape index (κ1) is 14.1. The van der Waals surface area contributed by atoms with Gasteiger partial charge in [-0.1, -0.05) is 44.2 Å². The SMILES string of the molecule is CC(C)[C@H](N[C@H]1C[C@H](C)N(C2CC2)C1)c1ccccc1. The molecule has 3 atom stereocenters. The van der Waals surface area contributed by atoms with E-state index in [0.717, 1.165) is 12.1 Å². The molecule has 0 amide bonds. The Bertz CT molecular complexity index is 424. The van der Waals surface area contributed by atoms with E-state index in [4.69, 9.17) is 0 Å². The summed E-state index contributed by atoms with van der Waals surface area (Å²) >= 11 is 0. The number of likely N-dealkylation sites (tertiary alicyclic amines) is 1. The first-order valence-electron chi connectivity index (χ1n) is 8.22. The zero-order chi connectivity index (χ0) is 14.1. The van der Waals surface area contributed by atoms with E-state index in [1.165, 1.54) is 31.4 Å². The topological polar surface area (TPSA) is 15.3 Å². The van der Waals surface area contributed by atoms with Gasteiger partial charge in [0.05, 0.1) is 0 Å². The molecule has 0 radical (unpaired) electrons. The molecule has 20 heavy (non-hydrogen) atoms. The zero-order valence-electron chi connectivity index (χ0n) is 13.0. The molecule has 1 saturated carbocycles. The Morgan fingerprint density at radius 3 is 2.45 bits per heavy atom. The summed E-state index contributed by atoms with van der Waals surface area (Å²) in [5.74, 6) is 0.627. The van der Waals surface area contributed by atoms with E-state index in [9.17, 15) is 0 Å². The highest BCUT2D eigenvalue weighted by molar-refractivity contribution is 5.19. The third kappa shape index (κ3) is 3.07. The van der Waals surface area contributed by atoms with Crippen molar-refractivity contribution in [2.24, 2.45) is 5.92 Å². The molecule has 2 aliphatic rings. The van der Waals surface area contributed by atoms with E-state index in [1.54, 1.807) is 0 Å². The maximum Gasteiger partial charge on any atom is 0.0346 e. The fraction of sp³-hybridized carbons (Fsp3) is 0.667. The van der Waals surface area contributed by atoms with Crippen LogP contribution in [0.4, 0.5) is 0 Å². The third-order valence-corrected chi connectivity index (χ3v) is 4.88. The van der Waals surface area contributed by atoms with Crippen molar-refractivity contribution in [2.75, 3.05) is 6.54 Å². The molecule has 1 aromatic carbocycles. The first-order valence-corrected chi connectivity index (χ1v) is 8.22. The minimum Gasteiger partial charge on any atom is -0.306 e. The second-order valence-electron chi connectivity index (χ2n) is 7.01. The number of nitrogens with one attached hydrogen (secondary N) is 1. The minimum absolute atomic E-state index is 0.479. The Hall–Kier alpha value is -0.860.